The van der Waals surface area contributed by atoms with Crippen molar-refractivity contribution in [1.29, 1.82) is 0 Å². The first-order valence-electron chi connectivity index (χ1n) is 7.22. The number of fused-ring (bicyclic) bond motifs is 1. The van der Waals surface area contributed by atoms with E-state index in [9.17, 15) is 9.59 Å². The number of nitrogens with one attached hydrogen (secondary N) is 1. The van der Waals surface area contributed by atoms with Gasteiger partial charge in [0.05, 0.1) is 5.56 Å². The summed E-state index contributed by atoms with van der Waals surface area (Å²) in [7, 11) is 0. The van der Waals surface area contributed by atoms with E-state index in [0.29, 0.717) is 10.6 Å². The topological polar surface area (TPSA) is 72.2 Å². The fourth-order valence-corrected chi connectivity index (χ4v) is 5.28. The summed E-state index contributed by atoms with van der Waals surface area (Å²) in [6, 6.07) is 1.94. The molecule has 4 nitrogen and oxygen atoms in total. The third-order valence-corrected chi connectivity index (χ3v) is 6.51. The molecular weight excluding hydrogens is 396 g/mol. The summed E-state index contributed by atoms with van der Waals surface area (Å²) in [4.78, 5) is 26.1. The number of carbonyl (C=O) groups is 2. The summed E-state index contributed by atoms with van der Waals surface area (Å²) in [6.45, 7) is 0. The summed E-state index contributed by atoms with van der Waals surface area (Å²) < 4.78 is 0.990. The van der Waals surface area contributed by atoms with E-state index >= 15 is 0 Å². The van der Waals surface area contributed by atoms with E-state index in [4.69, 9.17) is 5.73 Å². The fraction of sp³-hybridized carbons (Fsp3) is 0.250. The highest BCUT2D eigenvalue weighted by Gasteiger charge is 2.24. The van der Waals surface area contributed by atoms with Crippen LogP contribution in [0.15, 0.2) is 22.0 Å². The van der Waals surface area contributed by atoms with Gasteiger partial charge in [0.2, 0.25) is 5.91 Å². The molecule has 0 aliphatic heterocycles. The van der Waals surface area contributed by atoms with Crippen LogP contribution >= 0.6 is 38.6 Å². The second kappa shape index (κ2) is 6.98. The molecule has 2 aromatic rings. The lowest BCUT2D eigenvalue weighted by Gasteiger charge is -2.11. The Hall–Kier alpha value is -1.44. The van der Waals surface area contributed by atoms with Gasteiger partial charge in [-0.25, -0.2) is 0 Å². The number of amides is 2. The van der Waals surface area contributed by atoms with Crippen LogP contribution < -0.4 is 11.1 Å². The highest BCUT2D eigenvalue weighted by atomic mass is 79.9. The molecule has 23 heavy (non-hydrogen) atoms. The predicted molar refractivity (Wildman–Crippen MR) is 99.2 cm³/mol. The highest BCUT2D eigenvalue weighted by Crippen LogP contribution is 2.37. The lowest BCUT2D eigenvalue weighted by atomic mass is 9.95. The number of nitrogens with two attached hydrogens (primary N) is 1. The molecule has 3 N–H and O–H groups in total. The number of hydrogen-bond donors (Lipinski definition) is 2. The smallest absolute Gasteiger partial charge is 0.251 e. The zero-order valence-electron chi connectivity index (χ0n) is 12.2. The van der Waals surface area contributed by atoms with Gasteiger partial charge in [-0.2, -0.15) is 0 Å². The second-order valence-corrected chi connectivity index (χ2v) is 8.23. The summed E-state index contributed by atoms with van der Waals surface area (Å²) in [5.41, 5.74) is 7.04. The average Bonchev–Trinajstić information content (AvgIpc) is 3.08. The molecule has 0 radical (unpaired) electrons. The maximum atomic E-state index is 12.1. The van der Waals surface area contributed by atoms with Crippen LogP contribution in [0.2, 0.25) is 0 Å². The van der Waals surface area contributed by atoms with Crippen molar-refractivity contribution in [1.82, 2.24) is 0 Å². The number of aryl methyl sites for hydroxylation is 1. The Bertz CT molecular complexity index is 792. The van der Waals surface area contributed by atoms with E-state index in [2.05, 4.69) is 21.2 Å². The summed E-state index contributed by atoms with van der Waals surface area (Å²) >= 11 is 6.39. The number of primary amides is 1. The van der Waals surface area contributed by atoms with E-state index in [1.165, 1.54) is 22.3 Å². The Morgan fingerprint density at radius 3 is 2.78 bits per heavy atom. The maximum absolute atomic E-state index is 12.1. The molecule has 0 aromatic carbocycles. The first-order chi connectivity index (χ1) is 11.0. The Kier molecular flexibility index (Phi) is 4.99. The van der Waals surface area contributed by atoms with E-state index in [1.807, 2.05) is 11.4 Å². The van der Waals surface area contributed by atoms with Crippen LogP contribution in [0, 0.1) is 0 Å². The van der Waals surface area contributed by atoms with Gasteiger partial charge in [-0.15, -0.1) is 22.7 Å². The van der Waals surface area contributed by atoms with E-state index < -0.39 is 5.91 Å². The third-order valence-electron chi connectivity index (χ3n) is 3.64. The predicted octanol–water partition coefficient (Wildman–Crippen LogP) is 4.20. The molecule has 7 heteroatoms. The molecule has 1 aliphatic carbocycles. The molecule has 1 aliphatic rings. The average molecular weight is 411 g/mol. The van der Waals surface area contributed by atoms with Crippen molar-refractivity contribution in [3.05, 3.63) is 42.9 Å². The van der Waals surface area contributed by atoms with Crippen molar-refractivity contribution < 1.29 is 9.59 Å². The molecule has 120 valence electrons. The first kappa shape index (κ1) is 16.4. The summed E-state index contributed by atoms with van der Waals surface area (Å²) in [6.07, 6.45) is 7.22. The first-order valence-corrected chi connectivity index (χ1v) is 9.71. The third kappa shape index (κ3) is 3.73. The van der Waals surface area contributed by atoms with Gasteiger partial charge < -0.3 is 11.1 Å². The van der Waals surface area contributed by atoms with Gasteiger partial charge in [0.1, 0.15) is 5.00 Å². The molecule has 0 atom stereocenters. The van der Waals surface area contributed by atoms with Crippen LogP contribution in [0.3, 0.4) is 0 Å². The van der Waals surface area contributed by atoms with Gasteiger partial charge in [0, 0.05) is 25.7 Å². The van der Waals surface area contributed by atoms with Crippen molar-refractivity contribution in [2.45, 2.75) is 25.7 Å². The standard InChI is InChI=1S/C16H15BrN2O2S2/c17-9-7-10(22-8-9)5-6-13(20)19-16-14(15(18)21)11-3-1-2-4-12(11)23-16/h5-8H,1-4H2,(H2,18,21)(H,19,20)/b6-5+. The van der Waals surface area contributed by atoms with Crippen LogP contribution in [0.25, 0.3) is 6.08 Å². The maximum Gasteiger partial charge on any atom is 0.251 e. The number of thiophene rings is 2. The fourth-order valence-electron chi connectivity index (χ4n) is 2.64. The van der Waals surface area contributed by atoms with Crippen molar-refractivity contribution in [2.75, 3.05) is 5.32 Å². The van der Waals surface area contributed by atoms with E-state index in [0.717, 1.165) is 40.6 Å². The van der Waals surface area contributed by atoms with Crippen LogP contribution in [0.1, 0.15) is 38.5 Å². The van der Waals surface area contributed by atoms with Gasteiger partial charge in [0.15, 0.2) is 0 Å². The second-order valence-electron chi connectivity index (χ2n) is 5.27. The molecule has 0 bridgehead atoms. The number of carbonyl (C=O) groups excluding carboxylic acids is 2. The minimum Gasteiger partial charge on any atom is -0.365 e. The Morgan fingerprint density at radius 1 is 1.30 bits per heavy atom. The zero-order chi connectivity index (χ0) is 16.4. The molecule has 2 amide bonds. The van der Waals surface area contributed by atoms with Crippen LogP contribution in [0.4, 0.5) is 5.00 Å². The van der Waals surface area contributed by atoms with E-state index in [-0.39, 0.29) is 5.91 Å². The van der Waals surface area contributed by atoms with Gasteiger partial charge in [-0.3, -0.25) is 9.59 Å². The van der Waals surface area contributed by atoms with Gasteiger partial charge in [-0.05, 0) is 59.3 Å². The molecule has 3 rings (SSSR count). The minimum atomic E-state index is -0.467. The van der Waals surface area contributed by atoms with Crippen molar-refractivity contribution >= 4 is 61.5 Å². The minimum absolute atomic E-state index is 0.254. The lowest BCUT2D eigenvalue weighted by molar-refractivity contribution is -0.111. The van der Waals surface area contributed by atoms with Gasteiger partial charge in [0.25, 0.3) is 5.91 Å². The Balaban J connectivity index is 1.79. The molecule has 0 spiro atoms. The van der Waals surface area contributed by atoms with Gasteiger partial charge in [-0.1, -0.05) is 0 Å². The molecule has 0 unspecified atom stereocenters. The van der Waals surface area contributed by atoms with Crippen LogP contribution in [0.5, 0.6) is 0 Å². The number of halogens is 1. The van der Waals surface area contributed by atoms with Crippen LogP contribution in [-0.2, 0) is 17.6 Å². The Labute approximate surface area is 150 Å². The normalized spacial score (nSPS) is 14.0. The molecule has 2 aromatic heterocycles. The molecular formula is C16H15BrN2O2S2. The van der Waals surface area contributed by atoms with E-state index in [1.54, 1.807) is 17.4 Å². The number of hydrogen-bond acceptors (Lipinski definition) is 4. The Morgan fingerprint density at radius 2 is 2.09 bits per heavy atom. The molecule has 2 heterocycles. The molecule has 0 saturated carbocycles. The SMILES string of the molecule is NC(=O)c1c(NC(=O)/C=C/c2cc(Br)cs2)sc2c1CCCC2. The largest absolute Gasteiger partial charge is 0.365 e. The van der Waals surface area contributed by atoms with Crippen molar-refractivity contribution in [3.63, 3.8) is 0 Å². The monoisotopic (exact) mass is 410 g/mol. The lowest BCUT2D eigenvalue weighted by Crippen LogP contribution is -2.17. The number of rotatable bonds is 4. The van der Waals surface area contributed by atoms with Crippen LogP contribution in [-0.4, -0.2) is 11.8 Å². The van der Waals surface area contributed by atoms with Crippen molar-refractivity contribution in [2.24, 2.45) is 5.73 Å². The summed E-state index contributed by atoms with van der Waals surface area (Å²) in [5.74, 6) is -0.721. The van der Waals surface area contributed by atoms with Gasteiger partial charge >= 0.3 is 0 Å². The summed E-state index contributed by atoms with van der Waals surface area (Å²) in [5, 5.41) is 5.34. The van der Waals surface area contributed by atoms with Crippen molar-refractivity contribution in [3.8, 4) is 0 Å². The molecule has 0 fully saturated rings. The highest BCUT2D eigenvalue weighted by molar-refractivity contribution is 9.10. The molecule has 0 saturated heterocycles. The zero-order valence-corrected chi connectivity index (χ0v) is 15.4. The number of anilines is 1. The quantitative estimate of drug-likeness (QED) is 0.741.